The summed E-state index contributed by atoms with van der Waals surface area (Å²) < 4.78 is 0. The van der Waals surface area contributed by atoms with E-state index in [-0.39, 0.29) is 12.5 Å². The largest absolute Gasteiger partial charge is 0.354 e. The molecule has 0 aromatic heterocycles. The molecule has 23 heavy (non-hydrogen) atoms. The minimum atomic E-state index is -0.611. The first-order chi connectivity index (χ1) is 11.1. The third kappa shape index (κ3) is 2.94. The van der Waals surface area contributed by atoms with Gasteiger partial charge in [-0.05, 0) is 31.4 Å². The minimum absolute atomic E-state index is 0.224. The molecule has 1 aromatic carbocycles. The molecule has 0 radical (unpaired) electrons. The second kappa shape index (κ2) is 6.20. The number of nitrogens with zero attached hydrogens (tertiary/aromatic N) is 1. The number of rotatable bonds is 3. The van der Waals surface area contributed by atoms with Crippen LogP contribution in [0.2, 0.25) is 0 Å². The number of benzene rings is 1. The van der Waals surface area contributed by atoms with E-state index in [4.69, 9.17) is 0 Å². The van der Waals surface area contributed by atoms with Crippen molar-refractivity contribution in [3.05, 3.63) is 35.4 Å². The van der Waals surface area contributed by atoms with Gasteiger partial charge in [0.1, 0.15) is 12.6 Å². The average molecular weight is 315 g/mol. The van der Waals surface area contributed by atoms with Crippen LogP contribution in [0.1, 0.15) is 40.0 Å². The van der Waals surface area contributed by atoms with Gasteiger partial charge in [-0.1, -0.05) is 12.1 Å². The minimum Gasteiger partial charge on any atom is -0.354 e. The van der Waals surface area contributed by atoms with Crippen molar-refractivity contribution >= 4 is 23.6 Å². The first-order valence-corrected chi connectivity index (χ1v) is 7.60. The van der Waals surface area contributed by atoms with Gasteiger partial charge in [-0.2, -0.15) is 0 Å². The lowest BCUT2D eigenvalue weighted by molar-refractivity contribution is -0.128. The molecular weight excluding hydrogens is 298 g/mol. The number of amides is 4. The van der Waals surface area contributed by atoms with E-state index in [0.29, 0.717) is 24.1 Å². The molecule has 7 nitrogen and oxygen atoms in total. The van der Waals surface area contributed by atoms with E-state index >= 15 is 0 Å². The Balaban J connectivity index is 1.66. The van der Waals surface area contributed by atoms with Crippen molar-refractivity contribution in [3.8, 4) is 0 Å². The molecule has 2 N–H and O–H groups in total. The number of carbonyl (C=O) groups excluding carboxylic acids is 4. The highest BCUT2D eigenvalue weighted by molar-refractivity contribution is 6.22. The summed E-state index contributed by atoms with van der Waals surface area (Å²) in [5, 5.41) is 5.33. The van der Waals surface area contributed by atoms with Crippen LogP contribution < -0.4 is 10.6 Å². The highest BCUT2D eigenvalue weighted by Gasteiger charge is 2.36. The topological polar surface area (TPSA) is 95.6 Å². The third-order valence-electron chi connectivity index (χ3n) is 4.05. The van der Waals surface area contributed by atoms with E-state index < -0.39 is 23.8 Å². The quantitative estimate of drug-likeness (QED) is 0.772. The first-order valence-electron chi connectivity index (χ1n) is 7.60. The summed E-state index contributed by atoms with van der Waals surface area (Å²) in [5.74, 6) is -1.70. The van der Waals surface area contributed by atoms with Gasteiger partial charge in [-0.25, -0.2) is 0 Å². The molecule has 2 heterocycles. The molecule has 3 rings (SSSR count). The van der Waals surface area contributed by atoms with E-state index in [0.717, 1.165) is 17.7 Å². The summed E-state index contributed by atoms with van der Waals surface area (Å²) in [4.78, 5) is 49.3. The Kier molecular flexibility index (Phi) is 4.10. The van der Waals surface area contributed by atoms with E-state index in [9.17, 15) is 19.2 Å². The zero-order valence-corrected chi connectivity index (χ0v) is 12.5. The fourth-order valence-corrected chi connectivity index (χ4v) is 2.84. The van der Waals surface area contributed by atoms with Gasteiger partial charge in [0.25, 0.3) is 11.8 Å². The lowest BCUT2D eigenvalue weighted by Gasteiger charge is -2.18. The normalized spacial score (nSPS) is 20.8. The lowest BCUT2D eigenvalue weighted by Crippen LogP contribution is -2.49. The molecule has 1 atom stereocenters. The molecule has 1 aromatic rings. The summed E-state index contributed by atoms with van der Waals surface area (Å²) in [6.45, 7) is 0.222. The number of nitrogens with one attached hydrogen (secondary N) is 2. The fraction of sp³-hybridized carbons (Fsp3) is 0.375. The summed E-state index contributed by atoms with van der Waals surface area (Å²) in [6.07, 6.45) is 2.26. The van der Waals surface area contributed by atoms with Crippen molar-refractivity contribution in [2.75, 3.05) is 13.1 Å². The molecule has 7 heteroatoms. The third-order valence-corrected chi connectivity index (χ3v) is 4.05. The number of hydrogen-bond acceptors (Lipinski definition) is 4. The Morgan fingerprint density at radius 1 is 1.13 bits per heavy atom. The van der Waals surface area contributed by atoms with Gasteiger partial charge in [0.15, 0.2) is 0 Å². The summed E-state index contributed by atoms with van der Waals surface area (Å²) in [6, 6.07) is 5.85. The van der Waals surface area contributed by atoms with Crippen LogP contribution in [0, 0.1) is 0 Å². The molecule has 2 aliphatic rings. The van der Waals surface area contributed by atoms with Crippen molar-refractivity contribution in [2.24, 2.45) is 0 Å². The van der Waals surface area contributed by atoms with Crippen LogP contribution in [0.5, 0.6) is 0 Å². The molecular formula is C16H17N3O4. The Labute approximate surface area is 133 Å². The van der Waals surface area contributed by atoms with Gasteiger partial charge < -0.3 is 10.6 Å². The Hall–Kier alpha value is -2.70. The summed E-state index contributed by atoms with van der Waals surface area (Å²) in [7, 11) is 0. The van der Waals surface area contributed by atoms with Crippen LogP contribution in [-0.2, 0) is 9.59 Å². The first kappa shape index (κ1) is 15.2. The summed E-state index contributed by atoms with van der Waals surface area (Å²) >= 11 is 0. The van der Waals surface area contributed by atoms with E-state index in [2.05, 4.69) is 10.6 Å². The predicted octanol–water partition coefficient (Wildman–Crippen LogP) is 0.0675. The fourth-order valence-electron chi connectivity index (χ4n) is 2.84. The van der Waals surface area contributed by atoms with Crippen LogP contribution in [0.4, 0.5) is 0 Å². The van der Waals surface area contributed by atoms with Gasteiger partial charge in [0.05, 0.1) is 11.1 Å². The van der Waals surface area contributed by atoms with Gasteiger partial charge in [-0.3, -0.25) is 24.1 Å². The van der Waals surface area contributed by atoms with Gasteiger partial charge in [0, 0.05) is 6.54 Å². The molecule has 1 fully saturated rings. The highest BCUT2D eigenvalue weighted by atomic mass is 16.2. The van der Waals surface area contributed by atoms with Crippen molar-refractivity contribution < 1.29 is 19.2 Å². The number of hydrogen-bond donors (Lipinski definition) is 2. The lowest BCUT2D eigenvalue weighted by atomic mass is 10.1. The zero-order valence-electron chi connectivity index (χ0n) is 12.5. The second-order valence-corrected chi connectivity index (χ2v) is 5.65. The van der Waals surface area contributed by atoms with Crippen LogP contribution in [0.25, 0.3) is 0 Å². The molecule has 0 aliphatic carbocycles. The maximum Gasteiger partial charge on any atom is 0.262 e. The maximum atomic E-state index is 12.2. The SMILES string of the molecule is O=C(CN1C(=O)c2ccccc2C1=O)N[C@@H]1CCCCNC1=O. The molecule has 2 aliphatic heterocycles. The molecule has 4 amide bonds. The van der Waals surface area contributed by atoms with Gasteiger partial charge in [-0.15, -0.1) is 0 Å². The Morgan fingerprint density at radius 3 is 2.43 bits per heavy atom. The molecule has 1 saturated heterocycles. The van der Waals surface area contributed by atoms with E-state index in [1.54, 1.807) is 24.3 Å². The van der Waals surface area contributed by atoms with Crippen LogP contribution in [-0.4, -0.2) is 47.7 Å². The number of fused-ring (bicyclic) bond motifs is 1. The van der Waals surface area contributed by atoms with Crippen molar-refractivity contribution in [3.63, 3.8) is 0 Å². The van der Waals surface area contributed by atoms with Crippen LogP contribution in [0.3, 0.4) is 0 Å². The number of carbonyl (C=O) groups is 4. The maximum absolute atomic E-state index is 12.2. The van der Waals surface area contributed by atoms with E-state index in [1.807, 2.05) is 0 Å². The van der Waals surface area contributed by atoms with Gasteiger partial charge in [0.2, 0.25) is 11.8 Å². The molecule has 0 unspecified atom stereocenters. The van der Waals surface area contributed by atoms with Crippen molar-refractivity contribution in [2.45, 2.75) is 25.3 Å². The smallest absolute Gasteiger partial charge is 0.262 e. The Morgan fingerprint density at radius 2 is 1.78 bits per heavy atom. The second-order valence-electron chi connectivity index (χ2n) is 5.65. The zero-order chi connectivity index (χ0) is 16.4. The predicted molar refractivity (Wildman–Crippen MR) is 80.6 cm³/mol. The highest BCUT2D eigenvalue weighted by Crippen LogP contribution is 2.21. The standard InChI is InChI=1S/C16H17N3O4/c20-13(18-12-7-3-4-8-17-14(12)21)9-19-15(22)10-5-1-2-6-11(10)16(19)23/h1-2,5-6,12H,3-4,7-9H2,(H,17,21)(H,18,20)/t12-/m1/s1. The van der Waals surface area contributed by atoms with E-state index in [1.165, 1.54) is 0 Å². The monoisotopic (exact) mass is 315 g/mol. The average Bonchev–Trinajstić information content (AvgIpc) is 2.69. The van der Waals surface area contributed by atoms with Crippen molar-refractivity contribution in [1.29, 1.82) is 0 Å². The Bertz CT molecular complexity index is 651. The molecule has 0 saturated carbocycles. The van der Waals surface area contributed by atoms with Gasteiger partial charge >= 0.3 is 0 Å². The molecule has 120 valence electrons. The molecule has 0 spiro atoms. The van der Waals surface area contributed by atoms with Crippen LogP contribution >= 0.6 is 0 Å². The summed E-state index contributed by atoms with van der Waals surface area (Å²) in [5.41, 5.74) is 0.606. The van der Waals surface area contributed by atoms with Crippen LogP contribution in [0.15, 0.2) is 24.3 Å². The van der Waals surface area contributed by atoms with Crippen molar-refractivity contribution in [1.82, 2.24) is 15.5 Å². The molecule has 0 bridgehead atoms. The number of imide groups is 1.